The van der Waals surface area contributed by atoms with E-state index in [4.69, 9.17) is 23.4 Å². The molecule has 33 heavy (non-hydrogen) atoms. The molecule has 0 N–H and O–H groups in total. The summed E-state index contributed by atoms with van der Waals surface area (Å²) in [7, 11) is 1.37. The van der Waals surface area contributed by atoms with Crippen molar-refractivity contribution in [2.45, 2.75) is 71.7 Å². The van der Waals surface area contributed by atoms with Gasteiger partial charge in [0.15, 0.2) is 5.78 Å². The van der Waals surface area contributed by atoms with Gasteiger partial charge >= 0.3 is 11.9 Å². The van der Waals surface area contributed by atoms with Crippen LogP contribution in [0.1, 0.15) is 65.0 Å². The first kappa shape index (κ1) is 24.0. The second-order valence-corrected chi connectivity index (χ2v) is 10.4. The van der Waals surface area contributed by atoms with Crippen LogP contribution >= 0.6 is 0 Å². The van der Waals surface area contributed by atoms with Crippen LogP contribution in [-0.4, -0.2) is 43.8 Å². The molecule has 1 saturated heterocycles. The number of fused-ring (bicyclic) bond motifs is 3. The molecule has 8 heteroatoms. The number of cyclic esters (lactones) is 1. The third-order valence-corrected chi connectivity index (χ3v) is 8.17. The summed E-state index contributed by atoms with van der Waals surface area (Å²) in [5.74, 6) is -2.22. The highest BCUT2D eigenvalue weighted by atomic mass is 16.7. The van der Waals surface area contributed by atoms with E-state index in [9.17, 15) is 14.4 Å². The fraction of sp³-hybridized carbons (Fsp3) is 0.720. The summed E-state index contributed by atoms with van der Waals surface area (Å²) in [6, 6.07) is 1.78. The molecule has 1 aliphatic heterocycles. The summed E-state index contributed by atoms with van der Waals surface area (Å²) in [6.45, 7) is 7.72. The van der Waals surface area contributed by atoms with Crippen LogP contribution in [0.15, 0.2) is 23.0 Å². The van der Waals surface area contributed by atoms with Crippen molar-refractivity contribution in [1.82, 2.24) is 0 Å². The van der Waals surface area contributed by atoms with Crippen LogP contribution in [0.5, 0.6) is 0 Å². The van der Waals surface area contributed by atoms with Gasteiger partial charge < -0.3 is 23.4 Å². The second-order valence-electron chi connectivity index (χ2n) is 10.4. The van der Waals surface area contributed by atoms with Crippen LogP contribution in [0.3, 0.4) is 0 Å². The summed E-state index contributed by atoms with van der Waals surface area (Å²) in [5, 5.41) is 0. The van der Waals surface area contributed by atoms with Gasteiger partial charge in [-0.1, -0.05) is 13.8 Å². The minimum Gasteiger partial charge on any atom is -0.472 e. The zero-order chi connectivity index (χ0) is 24.0. The van der Waals surface area contributed by atoms with Crippen LogP contribution < -0.4 is 0 Å². The van der Waals surface area contributed by atoms with Gasteiger partial charge in [0, 0.05) is 11.5 Å². The number of carbonyl (C=O) groups is 3. The third-order valence-electron chi connectivity index (χ3n) is 8.17. The normalized spacial score (nSPS) is 38.4. The average molecular weight is 463 g/mol. The van der Waals surface area contributed by atoms with Gasteiger partial charge in [-0.25, -0.2) is 0 Å². The molecule has 2 saturated carbocycles. The minimum atomic E-state index is -0.799. The van der Waals surface area contributed by atoms with Crippen molar-refractivity contribution in [2.24, 2.45) is 28.6 Å². The highest BCUT2D eigenvalue weighted by Crippen LogP contribution is 2.65. The summed E-state index contributed by atoms with van der Waals surface area (Å²) >= 11 is 0. The number of ketones is 1. The van der Waals surface area contributed by atoms with Gasteiger partial charge in [0.1, 0.15) is 19.0 Å². The molecule has 182 valence electrons. The SMILES string of the molecule is COC(=O)C1CC(OCOC(C)C)C(=O)C2C1(C)CCC1C(=O)OC(c3ccoc3)CC12C. The van der Waals surface area contributed by atoms with Crippen molar-refractivity contribution < 1.29 is 37.7 Å². The number of ether oxygens (including phenoxy) is 4. The summed E-state index contributed by atoms with van der Waals surface area (Å²) < 4.78 is 27.5. The van der Waals surface area contributed by atoms with Crippen LogP contribution in [0.25, 0.3) is 0 Å². The average Bonchev–Trinajstić information content (AvgIpc) is 3.28. The van der Waals surface area contributed by atoms with E-state index in [1.807, 2.05) is 27.7 Å². The highest BCUT2D eigenvalue weighted by molar-refractivity contribution is 5.92. The largest absolute Gasteiger partial charge is 0.472 e. The molecule has 0 spiro atoms. The molecule has 3 aliphatic rings. The molecule has 0 radical (unpaired) electrons. The maximum absolute atomic E-state index is 14.0. The lowest BCUT2D eigenvalue weighted by Gasteiger charge is -2.61. The predicted molar refractivity (Wildman–Crippen MR) is 116 cm³/mol. The Balaban J connectivity index is 1.72. The molecule has 0 amide bonds. The van der Waals surface area contributed by atoms with E-state index in [0.29, 0.717) is 19.3 Å². The Bertz CT molecular complexity index is 892. The number of hydrogen-bond donors (Lipinski definition) is 0. The number of rotatable bonds is 6. The van der Waals surface area contributed by atoms with Gasteiger partial charge in [-0.05, 0) is 56.4 Å². The van der Waals surface area contributed by atoms with Gasteiger partial charge in [-0.2, -0.15) is 0 Å². The first-order valence-electron chi connectivity index (χ1n) is 11.7. The first-order chi connectivity index (χ1) is 15.6. The van der Waals surface area contributed by atoms with E-state index in [-0.39, 0.29) is 37.0 Å². The number of esters is 2. The van der Waals surface area contributed by atoms with E-state index in [1.165, 1.54) is 7.11 Å². The standard InChI is InChI=1S/C25H34O8/c1-14(2)31-13-32-18-10-17(22(27)29-5)24(3)8-6-16-23(28)33-19(15-7-9-30-12-15)11-25(16,4)21(24)20(18)26/h7,9,12,14,16-19,21H,6,8,10-11,13H2,1-5H3. The Morgan fingerprint density at radius 3 is 2.64 bits per heavy atom. The monoisotopic (exact) mass is 462 g/mol. The Morgan fingerprint density at radius 1 is 1.24 bits per heavy atom. The molecule has 0 bridgehead atoms. The molecular weight excluding hydrogens is 428 g/mol. The van der Waals surface area contributed by atoms with E-state index < -0.39 is 40.8 Å². The van der Waals surface area contributed by atoms with Crippen molar-refractivity contribution in [3.63, 3.8) is 0 Å². The molecule has 0 aromatic carbocycles. The zero-order valence-corrected chi connectivity index (χ0v) is 20.0. The van der Waals surface area contributed by atoms with Crippen molar-refractivity contribution >= 4 is 17.7 Å². The number of hydrogen-bond acceptors (Lipinski definition) is 8. The molecule has 7 atom stereocenters. The highest BCUT2D eigenvalue weighted by Gasteiger charge is 2.67. The maximum Gasteiger partial charge on any atom is 0.310 e. The van der Waals surface area contributed by atoms with Crippen molar-refractivity contribution in [1.29, 1.82) is 0 Å². The van der Waals surface area contributed by atoms with Crippen LogP contribution in [0, 0.1) is 28.6 Å². The lowest BCUT2D eigenvalue weighted by Crippen LogP contribution is -2.64. The summed E-state index contributed by atoms with van der Waals surface area (Å²) in [6.07, 6.45) is 3.59. The van der Waals surface area contributed by atoms with Crippen molar-refractivity contribution in [3.8, 4) is 0 Å². The summed E-state index contributed by atoms with van der Waals surface area (Å²) in [5.41, 5.74) is -0.581. The Morgan fingerprint density at radius 2 is 2.00 bits per heavy atom. The molecular formula is C25H34O8. The van der Waals surface area contributed by atoms with Gasteiger partial charge in [-0.15, -0.1) is 0 Å². The lowest BCUT2D eigenvalue weighted by atomic mass is 9.43. The van der Waals surface area contributed by atoms with Crippen LogP contribution in [-0.2, 0) is 33.3 Å². The number of furan rings is 1. The second kappa shape index (κ2) is 8.87. The first-order valence-corrected chi connectivity index (χ1v) is 11.7. The van der Waals surface area contributed by atoms with Gasteiger partial charge in [0.05, 0.1) is 37.6 Å². The molecule has 8 nitrogen and oxygen atoms in total. The van der Waals surface area contributed by atoms with Gasteiger partial charge in [0.25, 0.3) is 0 Å². The Labute approximate surface area is 194 Å². The number of methoxy groups -OCH3 is 1. The van der Waals surface area contributed by atoms with Crippen molar-refractivity contribution in [3.05, 3.63) is 24.2 Å². The molecule has 3 fully saturated rings. The fourth-order valence-corrected chi connectivity index (χ4v) is 6.56. The smallest absolute Gasteiger partial charge is 0.310 e. The zero-order valence-electron chi connectivity index (χ0n) is 20.0. The predicted octanol–water partition coefficient (Wildman–Crippen LogP) is 3.84. The lowest BCUT2D eigenvalue weighted by molar-refractivity contribution is -0.214. The van der Waals surface area contributed by atoms with E-state index in [2.05, 4.69) is 0 Å². The molecule has 2 aliphatic carbocycles. The van der Waals surface area contributed by atoms with Gasteiger partial charge in [-0.3, -0.25) is 14.4 Å². The van der Waals surface area contributed by atoms with Crippen LogP contribution in [0.2, 0.25) is 0 Å². The summed E-state index contributed by atoms with van der Waals surface area (Å²) in [4.78, 5) is 40.0. The minimum absolute atomic E-state index is 0.0365. The third kappa shape index (κ3) is 4.01. The molecule has 2 heterocycles. The van der Waals surface area contributed by atoms with Crippen molar-refractivity contribution in [2.75, 3.05) is 13.9 Å². The Kier molecular flexibility index (Phi) is 6.44. The number of carbonyl (C=O) groups excluding carboxylic acids is 3. The molecule has 4 rings (SSSR count). The fourth-order valence-electron chi connectivity index (χ4n) is 6.56. The molecule has 7 unspecified atom stereocenters. The topological polar surface area (TPSA) is 101 Å². The molecule has 1 aromatic rings. The van der Waals surface area contributed by atoms with Crippen LogP contribution in [0.4, 0.5) is 0 Å². The molecule has 1 aromatic heterocycles. The Hall–Kier alpha value is -2.19. The van der Waals surface area contributed by atoms with E-state index >= 15 is 0 Å². The quantitative estimate of drug-likeness (QED) is 0.464. The maximum atomic E-state index is 14.0. The van der Waals surface area contributed by atoms with E-state index in [1.54, 1.807) is 18.6 Å². The number of Topliss-reactive ketones (excluding diaryl/α,β-unsaturated/α-hetero) is 1. The van der Waals surface area contributed by atoms with Gasteiger partial charge in [0.2, 0.25) is 0 Å². The van der Waals surface area contributed by atoms with E-state index in [0.717, 1.165) is 5.56 Å².